The second-order valence-corrected chi connectivity index (χ2v) is 12.2. The molecular weight excluding hydrogens is 544 g/mol. The quantitative estimate of drug-likeness (QED) is 0.205. The van der Waals surface area contributed by atoms with Crippen molar-refractivity contribution in [3.05, 3.63) is 60.2 Å². The van der Waals surface area contributed by atoms with Crippen LogP contribution in [0.15, 0.2) is 64.5 Å². The largest absolute Gasteiger partial charge is 0.383 e. The van der Waals surface area contributed by atoms with E-state index in [0.717, 1.165) is 11.3 Å². The number of carbonyl (C=O) groups is 3. The van der Waals surface area contributed by atoms with E-state index >= 15 is 0 Å². The molecule has 1 heterocycles. The first-order valence-electron chi connectivity index (χ1n) is 13.8. The molecular formula is C29H40N6O5S. The van der Waals surface area contributed by atoms with E-state index in [-0.39, 0.29) is 53.9 Å². The van der Waals surface area contributed by atoms with Crippen LogP contribution in [0, 0.1) is 0 Å². The maximum Gasteiger partial charge on any atom is 0.248 e. The number of rotatable bonds is 13. The lowest BCUT2D eigenvalue weighted by atomic mass is 10.00. The predicted octanol–water partition coefficient (Wildman–Crippen LogP) is 2.32. The SMILES string of the molecule is CCC(=O)C(Cc1ccc(NC(C)CCC(=O)N=C(N)N)cc1)NC(=O)C1CCC(C)N1S(=O)(=O)c1ccccc1. The van der Waals surface area contributed by atoms with Gasteiger partial charge in [0.25, 0.3) is 0 Å². The Morgan fingerprint density at radius 1 is 1.05 bits per heavy atom. The number of ketones is 1. The summed E-state index contributed by atoms with van der Waals surface area (Å²) in [5, 5.41) is 6.16. The van der Waals surface area contributed by atoms with Gasteiger partial charge in [0.05, 0.1) is 10.9 Å². The highest BCUT2D eigenvalue weighted by atomic mass is 32.2. The Bertz CT molecular complexity index is 1340. The summed E-state index contributed by atoms with van der Waals surface area (Å²) in [5.74, 6) is -1.24. The number of nitrogens with two attached hydrogens (primary N) is 2. The van der Waals surface area contributed by atoms with Gasteiger partial charge in [0.1, 0.15) is 6.04 Å². The first-order valence-corrected chi connectivity index (χ1v) is 15.3. The minimum absolute atomic E-state index is 0.0170. The summed E-state index contributed by atoms with van der Waals surface area (Å²) in [6.45, 7) is 5.46. The van der Waals surface area contributed by atoms with Gasteiger partial charge in [-0.05, 0) is 69.4 Å². The highest BCUT2D eigenvalue weighted by Crippen LogP contribution is 2.31. The third kappa shape index (κ3) is 8.61. The van der Waals surface area contributed by atoms with Gasteiger partial charge in [-0.2, -0.15) is 9.30 Å². The third-order valence-corrected chi connectivity index (χ3v) is 9.16. The maximum atomic E-state index is 13.4. The number of carbonyl (C=O) groups excluding carboxylic acids is 3. The fraction of sp³-hybridized carbons (Fsp3) is 0.448. The van der Waals surface area contributed by atoms with Gasteiger partial charge in [-0.3, -0.25) is 14.4 Å². The minimum Gasteiger partial charge on any atom is -0.383 e. The van der Waals surface area contributed by atoms with E-state index in [2.05, 4.69) is 15.6 Å². The number of hydrogen-bond acceptors (Lipinski definition) is 6. The first kappa shape index (κ1) is 31.8. The van der Waals surface area contributed by atoms with Gasteiger partial charge in [-0.25, -0.2) is 8.42 Å². The molecule has 1 aliphatic rings. The Balaban J connectivity index is 1.66. The van der Waals surface area contributed by atoms with Crippen LogP contribution in [0.4, 0.5) is 5.69 Å². The van der Waals surface area contributed by atoms with Crippen LogP contribution < -0.4 is 22.1 Å². The maximum absolute atomic E-state index is 13.4. The molecule has 0 saturated carbocycles. The molecule has 1 aliphatic heterocycles. The van der Waals surface area contributed by atoms with Gasteiger partial charge >= 0.3 is 0 Å². The molecule has 6 N–H and O–H groups in total. The molecule has 1 fully saturated rings. The zero-order valence-electron chi connectivity index (χ0n) is 23.7. The van der Waals surface area contributed by atoms with Crippen molar-refractivity contribution in [2.45, 2.75) is 88.4 Å². The Morgan fingerprint density at radius 2 is 1.71 bits per heavy atom. The second-order valence-electron chi connectivity index (χ2n) is 10.4. The molecule has 2 amide bonds. The van der Waals surface area contributed by atoms with Crippen LogP contribution in [-0.2, 0) is 30.8 Å². The second kappa shape index (κ2) is 14.2. The van der Waals surface area contributed by atoms with E-state index in [1.54, 1.807) is 32.0 Å². The van der Waals surface area contributed by atoms with Crippen molar-refractivity contribution in [1.29, 1.82) is 0 Å². The van der Waals surface area contributed by atoms with Crippen molar-refractivity contribution in [3.8, 4) is 0 Å². The highest BCUT2D eigenvalue weighted by Gasteiger charge is 2.44. The molecule has 4 unspecified atom stereocenters. The zero-order chi connectivity index (χ0) is 30.2. The number of anilines is 1. The summed E-state index contributed by atoms with van der Waals surface area (Å²) in [7, 11) is -3.89. The minimum atomic E-state index is -3.89. The number of nitrogens with one attached hydrogen (secondary N) is 2. The van der Waals surface area contributed by atoms with Crippen molar-refractivity contribution in [3.63, 3.8) is 0 Å². The van der Waals surface area contributed by atoms with Crippen molar-refractivity contribution in [1.82, 2.24) is 9.62 Å². The van der Waals surface area contributed by atoms with Crippen molar-refractivity contribution in [2.75, 3.05) is 5.32 Å². The summed E-state index contributed by atoms with van der Waals surface area (Å²) >= 11 is 0. The van der Waals surface area contributed by atoms with Crippen molar-refractivity contribution < 1.29 is 22.8 Å². The zero-order valence-corrected chi connectivity index (χ0v) is 24.6. The Morgan fingerprint density at radius 3 is 2.32 bits per heavy atom. The van der Waals surface area contributed by atoms with Gasteiger partial charge < -0.3 is 22.1 Å². The van der Waals surface area contributed by atoms with Gasteiger partial charge in [0.15, 0.2) is 11.7 Å². The lowest BCUT2D eigenvalue weighted by Crippen LogP contribution is -2.52. The number of sulfonamides is 1. The molecule has 222 valence electrons. The molecule has 0 radical (unpaired) electrons. The molecule has 1 saturated heterocycles. The molecule has 4 atom stereocenters. The Hall–Kier alpha value is -3.77. The smallest absolute Gasteiger partial charge is 0.248 e. The van der Waals surface area contributed by atoms with Crippen LogP contribution in [-0.4, -0.2) is 60.4 Å². The number of benzene rings is 2. The normalized spacial score (nSPS) is 18.7. The molecule has 3 rings (SSSR count). The fourth-order valence-corrected chi connectivity index (χ4v) is 6.81. The van der Waals surface area contributed by atoms with E-state index in [4.69, 9.17) is 11.5 Å². The lowest BCUT2D eigenvalue weighted by Gasteiger charge is -2.28. The fourth-order valence-electron chi connectivity index (χ4n) is 4.95. The van der Waals surface area contributed by atoms with E-state index < -0.39 is 28.0 Å². The van der Waals surface area contributed by atoms with Crippen molar-refractivity contribution in [2.24, 2.45) is 16.5 Å². The van der Waals surface area contributed by atoms with Crippen LogP contribution in [0.1, 0.15) is 58.4 Å². The predicted molar refractivity (Wildman–Crippen MR) is 158 cm³/mol. The molecule has 0 aliphatic carbocycles. The number of hydrogen-bond donors (Lipinski definition) is 4. The number of nitrogens with zero attached hydrogens (tertiary/aromatic N) is 2. The molecule has 2 aromatic carbocycles. The van der Waals surface area contributed by atoms with Crippen LogP contribution >= 0.6 is 0 Å². The van der Waals surface area contributed by atoms with Crippen molar-refractivity contribution >= 4 is 39.3 Å². The van der Waals surface area contributed by atoms with Crippen LogP contribution in [0.5, 0.6) is 0 Å². The molecule has 12 heteroatoms. The monoisotopic (exact) mass is 584 g/mol. The number of Topliss-reactive ketones (excluding diaryl/α,β-unsaturated/α-hetero) is 1. The molecule has 0 aromatic heterocycles. The van der Waals surface area contributed by atoms with Gasteiger partial charge in [0, 0.05) is 30.6 Å². The Labute approximate surface area is 241 Å². The number of amides is 2. The van der Waals surface area contributed by atoms with E-state index in [9.17, 15) is 22.8 Å². The lowest BCUT2D eigenvalue weighted by molar-refractivity contribution is -0.129. The van der Waals surface area contributed by atoms with Gasteiger partial charge in [-0.15, -0.1) is 0 Å². The average molecular weight is 585 g/mol. The molecule has 11 nitrogen and oxygen atoms in total. The summed E-state index contributed by atoms with van der Waals surface area (Å²) in [6.07, 6.45) is 2.17. The summed E-state index contributed by atoms with van der Waals surface area (Å²) in [5.41, 5.74) is 12.1. The Kier molecular flexibility index (Phi) is 11.0. The summed E-state index contributed by atoms with van der Waals surface area (Å²) in [6, 6.07) is 13.5. The van der Waals surface area contributed by atoms with Crippen LogP contribution in [0.3, 0.4) is 0 Å². The van der Waals surface area contributed by atoms with E-state index in [0.29, 0.717) is 19.3 Å². The van der Waals surface area contributed by atoms with Gasteiger partial charge in [0.2, 0.25) is 21.8 Å². The molecule has 0 bridgehead atoms. The van der Waals surface area contributed by atoms with E-state index in [1.807, 2.05) is 31.2 Å². The number of aliphatic imine (C=N–C) groups is 1. The average Bonchev–Trinajstić information content (AvgIpc) is 3.34. The molecule has 0 spiro atoms. The molecule has 41 heavy (non-hydrogen) atoms. The summed E-state index contributed by atoms with van der Waals surface area (Å²) in [4.78, 5) is 41.6. The standard InChI is InChI=1S/C29H40N6O5S/c1-4-26(36)24(18-21-12-14-22(15-13-21)32-19(2)10-17-27(37)34-29(30)31)33-28(38)25-16-11-20(3)35(25)41(39,40)23-8-6-5-7-9-23/h5-9,12-15,19-20,24-25,32H,4,10-11,16-18H2,1-3H3,(H,33,38)(H4,30,31,34,37). The van der Waals surface area contributed by atoms with Crippen LogP contribution in [0.2, 0.25) is 0 Å². The number of guanidine groups is 1. The first-order chi connectivity index (χ1) is 19.4. The molecule has 2 aromatic rings. The topological polar surface area (TPSA) is 177 Å². The summed E-state index contributed by atoms with van der Waals surface area (Å²) < 4.78 is 28.1. The van der Waals surface area contributed by atoms with E-state index in [1.165, 1.54) is 16.4 Å². The van der Waals surface area contributed by atoms with Gasteiger partial charge in [-0.1, -0.05) is 37.3 Å². The highest BCUT2D eigenvalue weighted by molar-refractivity contribution is 7.89. The third-order valence-electron chi connectivity index (χ3n) is 7.13. The van der Waals surface area contributed by atoms with Crippen LogP contribution in [0.25, 0.3) is 0 Å².